The van der Waals surface area contributed by atoms with Crippen LogP contribution < -0.4 is 20.1 Å². The maximum absolute atomic E-state index is 12.5. The second-order valence-corrected chi connectivity index (χ2v) is 6.51. The van der Waals surface area contributed by atoms with E-state index in [0.717, 1.165) is 22.0 Å². The number of benzene rings is 3. The molecular formula is C23H21N3O3. The maximum atomic E-state index is 12.5. The summed E-state index contributed by atoms with van der Waals surface area (Å²) in [7, 11) is 3.12. The molecule has 146 valence electrons. The van der Waals surface area contributed by atoms with Crippen molar-refractivity contribution in [3.8, 4) is 22.6 Å². The number of fused-ring (bicyclic) bond motifs is 1. The van der Waals surface area contributed by atoms with Gasteiger partial charge in [0.1, 0.15) is 11.5 Å². The molecule has 0 spiro atoms. The van der Waals surface area contributed by atoms with Gasteiger partial charge in [0.2, 0.25) is 0 Å². The van der Waals surface area contributed by atoms with Gasteiger partial charge in [-0.05, 0) is 59.0 Å². The monoisotopic (exact) mass is 387 g/mol. The molecule has 0 saturated heterocycles. The van der Waals surface area contributed by atoms with Gasteiger partial charge in [-0.15, -0.1) is 0 Å². The Kier molecular flexibility index (Phi) is 5.07. The first-order chi connectivity index (χ1) is 14.2. The minimum Gasteiger partial charge on any atom is -0.497 e. The highest BCUT2D eigenvalue weighted by Crippen LogP contribution is 2.30. The Labute approximate surface area is 168 Å². The maximum Gasteiger partial charge on any atom is 0.323 e. The third kappa shape index (κ3) is 4.01. The van der Waals surface area contributed by atoms with Crippen molar-refractivity contribution in [2.24, 2.45) is 0 Å². The number of H-pyrrole nitrogens is 1. The molecule has 0 radical (unpaired) electrons. The standard InChI is InChI=1S/C23H21N3O3/c1-28-19-7-9-21(22(14-19)29-2)26-23(27)25-18-5-3-4-15(13-18)16-6-8-20-17(12-16)10-11-24-20/h3-14,24H,1-2H3,(H2,25,26,27). The fourth-order valence-electron chi connectivity index (χ4n) is 3.20. The summed E-state index contributed by atoms with van der Waals surface area (Å²) in [4.78, 5) is 15.7. The van der Waals surface area contributed by atoms with Gasteiger partial charge in [-0.1, -0.05) is 18.2 Å². The highest BCUT2D eigenvalue weighted by molar-refractivity contribution is 6.01. The number of urea groups is 1. The number of aromatic amines is 1. The number of methoxy groups -OCH3 is 2. The SMILES string of the molecule is COc1ccc(NC(=O)Nc2cccc(-c3ccc4[nH]ccc4c3)c2)c(OC)c1. The van der Waals surface area contributed by atoms with Crippen LogP contribution in [0.5, 0.6) is 11.5 Å². The zero-order chi connectivity index (χ0) is 20.2. The van der Waals surface area contributed by atoms with Gasteiger partial charge in [0.15, 0.2) is 0 Å². The highest BCUT2D eigenvalue weighted by Gasteiger charge is 2.10. The van der Waals surface area contributed by atoms with E-state index >= 15 is 0 Å². The molecule has 0 aliphatic rings. The molecule has 0 fully saturated rings. The topological polar surface area (TPSA) is 75.4 Å². The molecule has 4 rings (SSSR count). The summed E-state index contributed by atoms with van der Waals surface area (Å²) in [5.74, 6) is 1.17. The lowest BCUT2D eigenvalue weighted by Gasteiger charge is -2.13. The van der Waals surface area contributed by atoms with E-state index in [-0.39, 0.29) is 6.03 Å². The number of rotatable bonds is 5. The second kappa shape index (κ2) is 7.98. The summed E-state index contributed by atoms with van der Waals surface area (Å²) < 4.78 is 10.5. The minimum atomic E-state index is -0.355. The number of hydrogen-bond donors (Lipinski definition) is 3. The van der Waals surface area contributed by atoms with E-state index < -0.39 is 0 Å². The molecule has 0 unspecified atom stereocenters. The molecule has 6 heteroatoms. The Bertz CT molecular complexity index is 1170. The molecule has 1 heterocycles. The molecule has 3 N–H and O–H groups in total. The largest absolute Gasteiger partial charge is 0.497 e. The van der Waals surface area contributed by atoms with Crippen LogP contribution in [0.2, 0.25) is 0 Å². The molecule has 29 heavy (non-hydrogen) atoms. The summed E-state index contributed by atoms with van der Waals surface area (Å²) in [6.07, 6.45) is 1.92. The lowest BCUT2D eigenvalue weighted by atomic mass is 10.0. The predicted molar refractivity (Wildman–Crippen MR) is 116 cm³/mol. The van der Waals surface area contributed by atoms with Crippen molar-refractivity contribution in [1.29, 1.82) is 0 Å². The number of ether oxygens (including phenoxy) is 2. The van der Waals surface area contributed by atoms with Crippen molar-refractivity contribution < 1.29 is 14.3 Å². The van der Waals surface area contributed by atoms with Crippen molar-refractivity contribution in [1.82, 2.24) is 4.98 Å². The van der Waals surface area contributed by atoms with E-state index in [1.54, 1.807) is 32.4 Å². The minimum absolute atomic E-state index is 0.355. The van der Waals surface area contributed by atoms with E-state index in [1.807, 2.05) is 42.6 Å². The average molecular weight is 387 g/mol. The zero-order valence-electron chi connectivity index (χ0n) is 16.2. The molecule has 3 aromatic carbocycles. The molecule has 0 aliphatic carbocycles. The Morgan fingerprint density at radius 2 is 1.72 bits per heavy atom. The van der Waals surface area contributed by atoms with Gasteiger partial charge in [0.25, 0.3) is 0 Å². The first-order valence-electron chi connectivity index (χ1n) is 9.14. The Hall–Kier alpha value is -3.93. The van der Waals surface area contributed by atoms with Gasteiger partial charge in [0.05, 0.1) is 19.9 Å². The van der Waals surface area contributed by atoms with Crippen molar-refractivity contribution in [2.75, 3.05) is 24.9 Å². The Balaban J connectivity index is 1.51. The first-order valence-corrected chi connectivity index (χ1v) is 9.14. The Morgan fingerprint density at radius 3 is 2.55 bits per heavy atom. The van der Waals surface area contributed by atoms with Crippen molar-refractivity contribution in [3.63, 3.8) is 0 Å². The van der Waals surface area contributed by atoms with Crippen LogP contribution in [0.1, 0.15) is 0 Å². The number of anilines is 2. The molecule has 0 atom stereocenters. The van der Waals surface area contributed by atoms with E-state index in [0.29, 0.717) is 22.9 Å². The number of hydrogen-bond acceptors (Lipinski definition) is 3. The smallest absolute Gasteiger partial charge is 0.323 e. The zero-order valence-corrected chi connectivity index (χ0v) is 16.2. The molecule has 0 saturated carbocycles. The summed E-state index contributed by atoms with van der Waals surface area (Å²) in [6.45, 7) is 0. The van der Waals surface area contributed by atoms with E-state index in [9.17, 15) is 4.79 Å². The van der Waals surface area contributed by atoms with Gasteiger partial charge in [-0.25, -0.2) is 4.79 Å². The third-order valence-electron chi connectivity index (χ3n) is 4.66. The number of nitrogens with one attached hydrogen (secondary N) is 3. The van der Waals surface area contributed by atoms with Crippen LogP contribution in [0.15, 0.2) is 72.9 Å². The van der Waals surface area contributed by atoms with Crippen molar-refractivity contribution in [2.45, 2.75) is 0 Å². The second-order valence-electron chi connectivity index (χ2n) is 6.51. The van der Waals surface area contributed by atoms with Gasteiger partial charge in [-0.2, -0.15) is 0 Å². The third-order valence-corrected chi connectivity index (χ3v) is 4.66. The Morgan fingerprint density at radius 1 is 0.862 bits per heavy atom. The van der Waals surface area contributed by atoms with Crippen LogP contribution in [0.25, 0.3) is 22.0 Å². The van der Waals surface area contributed by atoms with Gasteiger partial charge < -0.3 is 25.1 Å². The molecule has 0 bridgehead atoms. The summed E-state index contributed by atoms with van der Waals surface area (Å²) >= 11 is 0. The molecule has 2 amide bonds. The quantitative estimate of drug-likeness (QED) is 0.423. The summed E-state index contributed by atoms with van der Waals surface area (Å²) in [5.41, 5.74) is 4.45. The highest BCUT2D eigenvalue weighted by atomic mass is 16.5. The van der Waals surface area contributed by atoms with E-state index in [2.05, 4.69) is 27.8 Å². The molecule has 4 aromatic rings. The predicted octanol–water partition coefficient (Wildman–Crippen LogP) is 5.50. The van der Waals surface area contributed by atoms with Crippen LogP contribution in [0, 0.1) is 0 Å². The van der Waals surface area contributed by atoms with Gasteiger partial charge >= 0.3 is 6.03 Å². The van der Waals surface area contributed by atoms with Crippen molar-refractivity contribution >= 4 is 28.3 Å². The van der Waals surface area contributed by atoms with Crippen LogP contribution in [-0.2, 0) is 0 Å². The van der Waals surface area contributed by atoms with Gasteiger partial charge in [0, 0.05) is 23.5 Å². The number of carbonyl (C=O) groups is 1. The lowest BCUT2D eigenvalue weighted by Crippen LogP contribution is -2.19. The average Bonchev–Trinajstić information content (AvgIpc) is 3.22. The normalized spacial score (nSPS) is 10.6. The first kappa shape index (κ1) is 18.4. The number of aromatic nitrogens is 1. The fraction of sp³-hybridized carbons (Fsp3) is 0.0870. The molecule has 1 aromatic heterocycles. The fourth-order valence-corrected chi connectivity index (χ4v) is 3.20. The molecule has 6 nitrogen and oxygen atoms in total. The number of carbonyl (C=O) groups excluding carboxylic acids is 1. The summed E-state index contributed by atoms with van der Waals surface area (Å²) in [5, 5.41) is 6.82. The van der Waals surface area contributed by atoms with E-state index in [4.69, 9.17) is 9.47 Å². The lowest BCUT2D eigenvalue weighted by molar-refractivity contribution is 0.262. The van der Waals surface area contributed by atoms with Crippen LogP contribution in [0.3, 0.4) is 0 Å². The van der Waals surface area contributed by atoms with Gasteiger partial charge in [-0.3, -0.25) is 0 Å². The summed E-state index contributed by atoms with van der Waals surface area (Å²) in [6, 6.07) is 20.8. The molecular weight excluding hydrogens is 366 g/mol. The van der Waals surface area contributed by atoms with Crippen LogP contribution >= 0.6 is 0 Å². The molecule has 0 aliphatic heterocycles. The van der Waals surface area contributed by atoms with Crippen molar-refractivity contribution in [3.05, 3.63) is 72.9 Å². The van der Waals surface area contributed by atoms with E-state index in [1.165, 1.54) is 0 Å². The number of amides is 2. The van der Waals surface area contributed by atoms with Crippen LogP contribution in [-0.4, -0.2) is 25.2 Å². The van der Waals surface area contributed by atoms with Crippen LogP contribution in [0.4, 0.5) is 16.2 Å².